The Morgan fingerprint density at radius 2 is 1.68 bits per heavy atom. The third-order valence-corrected chi connectivity index (χ3v) is 5.15. The molecule has 1 aliphatic heterocycles. The highest BCUT2D eigenvalue weighted by atomic mass is 16.2. The maximum Gasteiger partial charge on any atom is 0.236 e. The quantitative estimate of drug-likeness (QED) is 0.287. The van der Waals surface area contributed by atoms with Crippen LogP contribution in [-0.2, 0) is 9.59 Å². The van der Waals surface area contributed by atoms with Gasteiger partial charge in [0.15, 0.2) is 0 Å². The van der Waals surface area contributed by atoms with Crippen LogP contribution in [0.15, 0.2) is 0 Å². The number of nitrogens with two attached hydrogens (primary N) is 1. The van der Waals surface area contributed by atoms with Crippen LogP contribution >= 0.6 is 0 Å². The van der Waals surface area contributed by atoms with Crippen LogP contribution in [0.5, 0.6) is 0 Å². The molecule has 1 fully saturated rings. The summed E-state index contributed by atoms with van der Waals surface area (Å²) in [4.78, 5) is 28.9. The minimum atomic E-state index is -0.550. The lowest BCUT2D eigenvalue weighted by Gasteiger charge is -2.39. The first-order chi connectivity index (χ1) is 11.7. The van der Waals surface area contributed by atoms with E-state index >= 15 is 0 Å². The highest BCUT2D eigenvalue weighted by Crippen LogP contribution is 2.28. The minimum Gasteiger partial charge on any atom is -0.340 e. The molecular formula is C19H38N4O2. The summed E-state index contributed by atoms with van der Waals surface area (Å²) in [5.41, 5.74) is 1.62. The predicted octanol–water partition coefficient (Wildman–Crippen LogP) is 2.00. The van der Waals surface area contributed by atoms with Crippen molar-refractivity contribution in [2.45, 2.75) is 60.3 Å². The standard InChI is InChI=1S/C19H38N4O2/c1-15(2)8-6-7-9-22-10-12-23(13-11-22)18(25)19(4,5)14-16(3)17(24)21-20/h15-16H,6-14,20H2,1-5H3,(H,21,24). The molecule has 6 heteroatoms. The van der Waals surface area contributed by atoms with Gasteiger partial charge in [-0.1, -0.05) is 47.5 Å². The molecule has 1 unspecified atom stereocenters. The maximum absolute atomic E-state index is 12.9. The van der Waals surface area contributed by atoms with Crippen molar-refractivity contribution in [3.05, 3.63) is 0 Å². The summed E-state index contributed by atoms with van der Waals surface area (Å²) in [5, 5.41) is 0. The summed E-state index contributed by atoms with van der Waals surface area (Å²) in [5.74, 6) is 5.62. The third kappa shape index (κ3) is 7.32. The molecule has 146 valence electrons. The zero-order valence-electron chi connectivity index (χ0n) is 16.8. The first kappa shape index (κ1) is 21.9. The van der Waals surface area contributed by atoms with E-state index in [2.05, 4.69) is 24.2 Å². The topological polar surface area (TPSA) is 78.7 Å². The Balaban J connectivity index is 2.39. The number of hydrazine groups is 1. The third-order valence-electron chi connectivity index (χ3n) is 5.15. The molecule has 0 aliphatic carbocycles. The summed E-state index contributed by atoms with van der Waals surface area (Å²) >= 11 is 0. The molecule has 1 atom stereocenters. The van der Waals surface area contributed by atoms with E-state index in [1.165, 1.54) is 19.3 Å². The van der Waals surface area contributed by atoms with Gasteiger partial charge in [-0.3, -0.25) is 19.9 Å². The van der Waals surface area contributed by atoms with Crippen molar-refractivity contribution in [1.82, 2.24) is 15.2 Å². The van der Waals surface area contributed by atoms with Crippen molar-refractivity contribution in [3.63, 3.8) is 0 Å². The second-order valence-electron chi connectivity index (χ2n) is 8.52. The highest BCUT2D eigenvalue weighted by molar-refractivity contribution is 5.84. The molecule has 0 bridgehead atoms. The summed E-state index contributed by atoms with van der Waals surface area (Å²) in [7, 11) is 0. The number of hydrogen-bond acceptors (Lipinski definition) is 4. The molecule has 0 aromatic rings. The van der Waals surface area contributed by atoms with E-state index in [1.807, 2.05) is 25.7 Å². The molecule has 0 saturated carbocycles. The molecule has 1 aliphatic rings. The SMILES string of the molecule is CC(C)CCCCN1CCN(C(=O)C(C)(C)CC(C)C(=O)NN)CC1. The molecule has 0 aromatic carbocycles. The number of piperazine rings is 1. The first-order valence-corrected chi connectivity index (χ1v) is 9.69. The monoisotopic (exact) mass is 354 g/mol. The fourth-order valence-corrected chi connectivity index (χ4v) is 3.58. The molecule has 25 heavy (non-hydrogen) atoms. The van der Waals surface area contributed by atoms with Crippen molar-refractivity contribution in [2.24, 2.45) is 23.1 Å². The number of nitrogens with one attached hydrogen (secondary N) is 1. The van der Waals surface area contributed by atoms with E-state index in [1.54, 1.807) is 0 Å². The molecule has 1 saturated heterocycles. The maximum atomic E-state index is 12.9. The normalized spacial score (nSPS) is 17.6. The number of hydrogen-bond donors (Lipinski definition) is 2. The van der Waals surface area contributed by atoms with Gasteiger partial charge in [0.2, 0.25) is 11.8 Å². The van der Waals surface area contributed by atoms with Crippen molar-refractivity contribution < 1.29 is 9.59 Å². The van der Waals surface area contributed by atoms with Gasteiger partial charge in [-0.25, -0.2) is 5.84 Å². The van der Waals surface area contributed by atoms with Gasteiger partial charge in [0.1, 0.15) is 0 Å². The Morgan fingerprint density at radius 1 is 1.08 bits per heavy atom. The van der Waals surface area contributed by atoms with Crippen LogP contribution in [0.2, 0.25) is 0 Å². The Bertz CT molecular complexity index is 429. The van der Waals surface area contributed by atoms with Gasteiger partial charge in [0, 0.05) is 37.5 Å². The van der Waals surface area contributed by atoms with Crippen LogP contribution in [0.4, 0.5) is 0 Å². The van der Waals surface area contributed by atoms with Gasteiger partial charge in [-0.15, -0.1) is 0 Å². The van der Waals surface area contributed by atoms with Crippen molar-refractivity contribution in [1.29, 1.82) is 0 Å². The van der Waals surface area contributed by atoms with E-state index in [4.69, 9.17) is 5.84 Å². The Labute approximate surface area is 153 Å². The average molecular weight is 355 g/mol. The minimum absolute atomic E-state index is 0.142. The molecule has 6 nitrogen and oxygen atoms in total. The summed E-state index contributed by atoms with van der Waals surface area (Å²) < 4.78 is 0. The van der Waals surface area contributed by atoms with Crippen LogP contribution in [0.25, 0.3) is 0 Å². The Hall–Kier alpha value is -1.14. The van der Waals surface area contributed by atoms with E-state index in [0.29, 0.717) is 6.42 Å². The lowest BCUT2D eigenvalue weighted by Crippen LogP contribution is -2.52. The zero-order valence-corrected chi connectivity index (χ0v) is 16.8. The predicted molar refractivity (Wildman–Crippen MR) is 102 cm³/mol. The zero-order chi connectivity index (χ0) is 19.0. The number of unbranched alkanes of at least 4 members (excludes halogenated alkanes) is 1. The van der Waals surface area contributed by atoms with Crippen molar-refractivity contribution in [3.8, 4) is 0 Å². The van der Waals surface area contributed by atoms with E-state index in [0.717, 1.165) is 38.6 Å². The van der Waals surface area contributed by atoms with Crippen LogP contribution in [0, 0.1) is 17.3 Å². The second kappa shape index (κ2) is 10.1. The fourth-order valence-electron chi connectivity index (χ4n) is 3.58. The Kier molecular flexibility index (Phi) is 8.86. The average Bonchev–Trinajstić information content (AvgIpc) is 2.57. The fraction of sp³-hybridized carbons (Fsp3) is 0.895. The summed E-state index contributed by atoms with van der Waals surface area (Å²) in [6.45, 7) is 14.8. The molecule has 1 rings (SSSR count). The number of rotatable bonds is 9. The molecule has 3 N–H and O–H groups in total. The van der Waals surface area contributed by atoms with Crippen LogP contribution in [0.3, 0.4) is 0 Å². The van der Waals surface area contributed by atoms with Gasteiger partial charge >= 0.3 is 0 Å². The first-order valence-electron chi connectivity index (χ1n) is 9.69. The van der Waals surface area contributed by atoms with Gasteiger partial charge in [-0.05, 0) is 25.3 Å². The number of carbonyl (C=O) groups excluding carboxylic acids is 2. The highest BCUT2D eigenvalue weighted by Gasteiger charge is 2.36. The van der Waals surface area contributed by atoms with Crippen LogP contribution < -0.4 is 11.3 Å². The van der Waals surface area contributed by atoms with Crippen molar-refractivity contribution in [2.75, 3.05) is 32.7 Å². The van der Waals surface area contributed by atoms with E-state index < -0.39 is 5.41 Å². The Morgan fingerprint density at radius 3 is 2.20 bits per heavy atom. The van der Waals surface area contributed by atoms with E-state index in [9.17, 15) is 9.59 Å². The van der Waals surface area contributed by atoms with Crippen LogP contribution in [-0.4, -0.2) is 54.3 Å². The van der Waals surface area contributed by atoms with Gasteiger partial charge in [0.05, 0.1) is 0 Å². The molecule has 1 heterocycles. The number of nitrogens with zero attached hydrogens (tertiary/aromatic N) is 2. The van der Waals surface area contributed by atoms with Crippen molar-refractivity contribution >= 4 is 11.8 Å². The lowest BCUT2D eigenvalue weighted by atomic mass is 9.81. The molecule has 0 aromatic heterocycles. The molecular weight excluding hydrogens is 316 g/mol. The summed E-state index contributed by atoms with van der Waals surface area (Å²) in [6, 6.07) is 0. The molecule has 0 spiro atoms. The smallest absolute Gasteiger partial charge is 0.236 e. The number of carbonyl (C=O) groups is 2. The second-order valence-corrected chi connectivity index (χ2v) is 8.52. The lowest BCUT2D eigenvalue weighted by molar-refractivity contribution is -0.143. The molecule has 2 amide bonds. The van der Waals surface area contributed by atoms with Crippen LogP contribution in [0.1, 0.15) is 60.3 Å². The number of amides is 2. The summed E-state index contributed by atoms with van der Waals surface area (Å²) in [6.07, 6.45) is 4.32. The largest absolute Gasteiger partial charge is 0.340 e. The van der Waals surface area contributed by atoms with Gasteiger partial charge in [0.25, 0.3) is 0 Å². The van der Waals surface area contributed by atoms with E-state index in [-0.39, 0.29) is 17.7 Å². The van der Waals surface area contributed by atoms with Gasteiger partial charge < -0.3 is 4.90 Å². The van der Waals surface area contributed by atoms with Gasteiger partial charge in [-0.2, -0.15) is 0 Å². The molecule has 0 radical (unpaired) electrons.